The Kier molecular flexibility index (Phi) is 5.19. The van der Waals surface area contributed by atoms with Gasteiger partial charge in [0.25, 0.3) is 0 Å². The lowest BCUT2D eigenvalue weighted by atomic mass is 10.1. The van der Waals surface area contributed by atoms with Gasteiger partial charge >= 0.3 is 0 Å². The van der Waals surface area contributed by atoms with E-state index in [0.717, 1.165) is 10.2 Å². The molecule has 0 radical (unpaired) electrons. The average Bonchev–Trinajstić information content (AvgIpc) is 2.18. The predicted molar refractivity (Wildman–Crippen MR) is 68.0 cm³/mol. The second-order valence-electron chi connectivity index (χ2n) is 3.04. The summed E-state index contributed by atoms with van der Waals surface area (Å²) in [5.74, 6) is 1.61. The highest BCUT2D eigenvalue weighted by Gasteiger charge is 2.08. The predicted octanol–water partition coefficient (Wildman–Crippen LogP) is 3.39. The van der Waals surface area contributed by atoms with Gasteiger partial charge in [0.2, 0.25) is 0 Å². The minimum Gasteiger partial charge on any atom is -0.492 e. The van der Waals surface area contributed by atoms with Gasteiger partial charge < -0.3 is 4.74 Å². The van der Waals surface area contributed by atoms with E-state index in [-0.39, 0.29) is 5.78 Å². The molecule has 0 aliphatic rings. The van der Waals surface area contributed by atoms with Crippen molar-refractivity contribution in [3.05, 3.63) is 28.2 Å². The summed E-state index contributed by atoms with van der Waals surface area (Å²) in [7, 11) is 0. The van der Waals surface area contributed by atoms with Gasteiger partial charge in [-0.15, -0.1) is 0 Å². The minimum absolute atomic E-state index is 0.0293. The number of ketones is 1. The molecule has 0 bridgehead atoms. The fourth-order valence-corrected chi connectivity index (χ4v) is 1.73. The summed E-state index contributed by atoms with van der Waals surface area (Å²) in [5, 5.41) is 0. The Labute approximate surface area is 103 Å². The van der Waals surface area contributed by atoms with Crippen LogP contribution in [0.2, 0.25) is 0 Å². The lowest BCUT2D eigenvalue weighted by Gasteiger charge is -2.09. The first kappa shape index (κ1) is 12.6. The summed E-state index contributed by atoms with van der Waals surface area (Å²) in [6, 6.07) is 5.45. The lowest BCUT2D eigenvalue weighted by Crippen LogP contribution is -2.04. The highest BCUT2D eigenvalue weighted by molar-refractivity contribution is 9.10. The Morgan fingerprint density at radius 1 is 1.53 bits per heavy atom. The molecule has 0 amide bonds. The van der Waals surface area contributed by atoms with Crippen LogP contribution in [0.1, 0.15) is 17.3 Å². The highest BCUT2D eigenvalue weighted by atomic mass is 79.9. The van der Waals surface area contributed by atoms with Gasteiger partial charge in [-0.1, -0.05) is 15.9 Å². The van der Waals surface area contributed by atoms with Crippen molar-refractivity contribution in [2.45, 2.75) is 6.92 Å². The lowest BCUT2D eigenvalue weighted by molar-refractivity contribution is 0.101. The van der Waals surface area contributed by atoms with Crippen molar-refractivity contribution in [3.8, 4) is 5.75 Å². The molecule has 4 heteroatoms. The van der Waals surface area contributed by atoms with Crippen molar-refractivity contribution in [2.24, 2.45) is 0 Å². The first-order valence-electron chi connectivity index (χ1n) is 4.57. The summed E-state index contributed by atoms with van der Waals surface area (Å²) in [4.78, 5) is 11.3. The van der Waals surface area contributed by atoms with Crippen LogP contribution in [-0.4, -0.2) is 24.4 Å². The number of Topliss-reactive ketones (excluding diaryl/α,β-unsaturated/α-hetero) is 1. The summed E-state index contributed by atoms with van der Waals surface area (Å²) >= 11 is 5.08. The van der Waals surface area contributed by atoms with Crippen molar-refractivity contribution in [1.82, 2.24) is 0 Å². The standard InChI is InChI=1S/C11H13BrO2S/c1-8(13)10-4-3-9(12)7-11(10)14-5-6-15-2/h3-4,7H,5-6H2,1-2H3. The number of carbonyl (C=O) groups excluding carboxylic acids is 1. The van der Waals surface area contributed by atoms with Gasteiger partial charge in [0.1, 0.15) is 5.75 Å². The van der Waals surface area contributed by atoms with E-state index >= 15 is 0 Å². The van der Waals surface area contributed by atoms with E-state index in [1.54, 1.807) is 24.8 Å². The van der Waals surface area contributed by atoms with Crippen molar-refractivity contribution >= 4 is 33.5 Å². The molecule has 0 heterocycles. The van der Waals surface area contributed by atoms with E-state index in [1.165, 1.54) is 0 Å². The second kappa shape index (κ2) is 6.18. The Bertz CT molecular complexity index is 352. The third-order valence-electron chi connectivity index (χ3n) is 1.87. The first-order valence-corrected chi connectivity index (χ1v) is 6.76. The molecule has 0 aromatic heterocycles. The Morgan fingerprint density at radius 3 is 2.87 bits per heavy atom. The normalized spacial score (nSPS) is 10.1. The molecular formula is C11H13BrO2S. The Balaban J connectivity index is 2.82. The van der Waals surface area contributed by atoms with Crippen LogP contribution < -0.4 is 4.74 Å². The van der Waals surface area contributed by atoms with Crippen LogP contribution >= 0.6 is 27.7 Å². The van der Waals surface area contributed by atoms with Crippen molar-refractivity contribution < 1.29 is 9.53 Å². The zero-order valence-electron chi connectivity index (χ0n) is 8.75. The monoisotopic (exact) mass is 288 g/mol. The molecule has 2 nitrogen and oxygen atoms in total. The van der Waals surface area contributed by atoms with Crippen molar-refractivity contribution in [2.75, 3.05) is 18.6 Å². The van der Waals surface area contributed by atoms with E-state index in [9.17, 15) is 4.79 Å². The van der Waals surface area contributed by atoms with Crippen LogP contribution in [0.4, 0.5) is 0 Å². The number of ether oxygens (including phenoxy) is 1. The third-order valence-corrected chi connectivity index (χ3v) is 2.94. The molecule has 0 fully saturated rings. The Hall–Kier alpha value is -0.480. The molecule has 82 valence electrons. The van der Waals surface area contributed by atoms with Crippen LogP contribution in [0, 0.1) is 0 Å². The molecule has 15 heavy (non-hydrogen) atoms. The summed E-state index contributed by atoms with van der Waals surface area (Å²) in [6.45, 7) is 2.17. The molecule has 1 rings (SSSR count). The van der Waals surface area contributed by atoms with Gasteiger partial charge in [-0.3, -0.25) is 4.79 Å². The number of rotatable bonds is 5. The number of thioether (sulfide) groups is 1. The molecule has 0 saturated carbocycles. The zero-order chi connectivity index (χ0) is 11.3. The third kappa shape index (κ3) is 3.87. The maximum Gasteiger partial charge on any atom is 0.163 e. The molecular weight excluding hydrogens is 276 g/mol. The number of hydrogen-bond acceptors (Lipinski definition) is 3. The van der Waals surface area contributed by atoms with E-state index in [1.807, 2.05) is 18.4 Å². The maximum atomic E-state index is 11.3. The molecule has 0 aliphatic heterocycles. The number of benzene rings is 1. The minimum atomic E-state index is 0.0293. The van der Waals surface area contributed by atoms with Gasteiger partial charge in [-0.25, -0.2) is 0 Å². The maximum absolute atomic E-state index is 11.3. The van der Waals surface area contributed by atoms with Gasteiger partial charge in [-0.05, 0) is 31.4 Å². The van der Waals surface area contributed by atoms with Crippen molar-refractivity contribution in [1.29, 1.82) is 0 Å². The SMILES string of the molecule is CSCCOc1cc(Br)ccc1C(C)=O. The van der Waals surface area contributed by atoms with Crippen LogP contribution in [0.3, 0.4) is 0 Å². The molecule has 0 aliphatic carbocycles. The second-order valence-corrected chi connectivity index (χ2v) is 4.94. The topological polar surface area (TPSA) is 26.3 Å². The van der Waals surface area contributed by atoms with E-state index in [4.69, 9.17) is 4.74 Å². The van der Waals surface area contributed by atoms with Gasteiger partial charge in [0.15, 0.2) is 5.78 Å². The van der Waals surface area contributed by atoms with Gasteiger partial charge in [0.05, 0.1) is 12.2 Å². The van der Waals surface area contributed by atoms with Gasteiger partial charge in [-0.2, -0.15) is 11.8 Å². The molecule has 0 saturated heterocycles. The van der Waals surface area contributed by atoms with Crippen LogP contribution in [0.25, 0.3) is 0 Å². The summed E-state index contributed by atoms with van der Waals surface area (Å²) in [6.07, 6.45) is 2.02. The molecule has 0 unspecified atom stereocenters. The smallest absolute Gasteiger partial charge is 0.163 e. The average molecular weight is 289 g/mol. The number of carbonyl (C=O) groups is 1. The molecule has 0 atom stereocenters. The van der Waals surface area contributed by atoms with E-state index in [0.29, 0.717) is 17.9 Å². The first-order chi connectivity index (χ1) is 7.15. The molecule has 0 N–H and O–H groups in total. The zero-order valence-corrected chi connectivity index (χ0v) is 11.2. The molecule has 1 aromatic rings. The fraction of sp³-hybridized carbons (Fsp3) is 0.364. The summed E-state index contributed by atoms with van der Waals surface area (Å²) < 4.78 is 6.47. The van der Waals surface area contributed by atoms with Crippen LogP contribution in [0.15, 0.2) is 22.7 Å². The van der Waals surface area contributed by atoms with E-state index < -0.39 is 0 Å². The van der Waals surface area contributed by atoms with Crippen molar-refractivity contribution in [3.63, 3.8) is 0 Å². The van der Waals surface area contributed by atoms with Crippen LogP contribution in [-0.2, 0) is 0 Å². The van der Waals surface area contributed by atoms with Gasteiger partial charge in [0, 0.05) is 10.2 Å². The molecule has 0 spiro atoms. The highest BCUT2D eigenvalue weighted by Crippen LogP contribution is 2.24. The molecule has 1 aromatic carbocycles. The van der Waals surface area contributed by atoms with E-state index in [2.05, 4.69) is 15.9 Å². The largest absolute Gasteiger partial charge is 0.492 e. The number of hydrogen-bond donors (Lipinski definition) is 0. The number of halogens is 1. The van der Waals surface area contributed by atoms with Crippen LogP contribution in [0.5, 0.6) is 5.75 Å². The Morgan fingerprint density at radius 2 is 2.27 bits per heavy atom. The summed E-state index contributed by atoms with van der Waals surface area (Å²) in [5.41, 5.74) is 0.638. The fourth-order valence-electron chi connectivity index (χ4n) is 1.14. The quantitative estimate of drug-likeness (QED) is 0.614.